The molecule has 102 valence electrons. The van der Waals surface area contributed by atoms with Gasteiger partial charge in [-0.05, 0) is 13.8 Å². The number of aryl methyl sites for hydroxylation is 2. The number of rotatable bonds is 6. The highest BCUT2D eigenvalue weighted by Gasteiger charge is 2.11. The molecule has 19 heavy (non-hydrogen) atoms. The number of carboxylic acid groups (broad SMARTS) is 1. The van der Waals surface area contributed by atoms with Crippen molar-refractivity contribution in [3.63, 3.8) is 0 Å². The Labute approximate surface area is 119 Å². The van der Waals surface area contributed by atoms with Gasteiger partial charge in [0, 0.05) is 22.9 Å². The summed E-state index contributed by atoms with van der Waals surface area (Å²) in [4.78, 5) is 19.3. The topological polar surface area (TPSA) is 75.1 Å². The number of anilines is 1. The van der Waals surface area contributed by atoms with Crippen molar-refractivity contribution < 1.29 is 9.90 Å². The van der Waals surface area contributed by atoms with Crippen LogP contribution in [-0.2, 0) is 11.2 Å². The van der Waals surface area contributed by atoms with Crippen molar-refractivity contribution in [2.45, 2.75) is 32.7 Å². The molecular weight excluding hydrogens is 282 g/mol. The van der Waals surface area contributed by atoms with Crippen LogP contribution in [0.4, 0.5) is 5.13 Å². The van der Waals surface area contributed by atoms with E-state index in [0.717, 1.165) is 21.5 Å². The Kier molecular flexibility index (Phi) is 4.49. The van der Waals surface area contributed by atoms with Crippen molar-refractivity contribution in [1.82, 2.24) is 9.97 Å². The molecule has 2 rings (SSSR count). The molecule has 0 saturated carbocycles. The number of nitrogens with zero attached hydrogens (tertiary/aromatic N) is 2. The van der Waals surface area contributed by atoms with Gasteiger partial charge in [-0.3, -0.25) is 4.79 Å². The first-order chi connectivity index (χ1) is 9.04. The maximum absolute atomic E-state index is 10.5. The highest BCUT2D eigenvalue weighted by atomic mass is 32.1. The minimum atomic E-state index is -0.797. The molecule has 2 aromatic rings. The lowest BCUT2D eigenvalue weighted by atomic mass is 10.2. The summed E-state index contributed by atoms with van der Waals surface area (Å²) < 4.78 is 0. The molecule has 1 atom stereocenters. The largest absolute Gasteiger partial charge is 0.481 e. The van der Waals surface area contributed by atoms with Crippen LogP contribution in [0.2, 0.25) is 0 Å². The van der Waals surface area contributed by atoms with Gasteiger partial charge in [-0.15, -0.1) is 22.7 Å². The molecule has 0 saturated heterocycles. The number of aromatic nitrogens is 2. The van der Waals surface area contributed by atoms with Gasteiger partial charge in [-0.25, -0.2) is 9.97 Å². The van der Waals surface area contributed by atoms with Crippen LogP contribution in [0.25, 0.3) is 0 Å². The average molecular weight is 297 g/mol. The van der Waals surface area contributed by atoms with Crippen LogP contribution in [-0.4, -0.2) is 21.0 Å². The minimum absolute atomic E-state index is 0.108. The third kappa shape index (κ3) is 4.00. The second-order valence-electron chi connectivity index (χ2n) is 4.23. The Bertz CT molecular complexity index is 565. The van der Waals surface area contributed by atoms with Crippen molar-refractivity contribution in [2.75, 3.05) is 5.32 Å². The molecule has 1 unspecified atom stereocenters. The third-order valence-electron chi connectivity index (χ3n) is 2.49. The minimum Gasteiger partial charge on any atom is -0.481 e. The maximum atomic E-state index is 10.5. The monoisotopic (exact) mass is 297 g/mol. The van der Waals surface area contributed by atoms with E-state index in [9.17, 15) is 4.79 Å². The molecule has 5 nitrogen and oxygen atoms in total. The van der Waals surface area contributed by atoms with Crippen LogP contribution in [0.5, 0.6) is 0 Å². The molecule has 0 fully saturated rings. The Balaban J connectivity index is 1.94. The zero-order chi connectivity index (χ0) is 13.8. The van der Waals surface area contributed by atoms with Crippen LogP contribution in [0.3, 0.4) is 0 Å². The van der Waals surface area contributed by atoms with Crippen LogP contribution < -0.4 is 5.32 Å². The van der Waals surface area contributed by atoms with Crippen molar-refractivity contribution in [3.05, 3.63) is 27.2 Å². The van der Waals surface area contributed by atoms with Crippen molar-refractivity contribution in [3.8, 4) is 0 Å². The molecule has 0 aliphatic carbocycles. The summed E-state index contributed by atoms with van der Waals surface area (Å²) in [5.74, 6) is -0.797. The molecule has 0 bridgehead atoms. The van der Waals surface area contributed by atoms with Gasteiger partial charge in [0.2, 0.25) is 0 Å². The van der Waals surface area contributed by atoms with Crippen molar-refractivity contribution >= 4 is 33.8 Å². The second-order valence-corrected chi connectivity index (χ2v) is 5.98. The number of carboxylic acids is 1. The van der Waals surface area contributed by atoms with Crippen LogP contribution in [0.1, 0.15) is 35.8 Å². The molecule has 0 spiro atoms. The molecular formula is C12H15N3O2S2. The fourth-order valence-corrected chi connectivity index (χ4v) is 3.18. The SMILES string of the molecule is Cc1csc(C(C)Nc2nc(CCC(=O)O)cs2)n1. The van der Waals surface area contributed by atoms with E-state index in [1.54, 1.807) is 11.3 Å². The number of nitrogens with one attached hydrogen (secondary N) is 1. The van der Waals surface area contributed by atoms with Gasteiger partial charge in [0.25, 0.3) is 0 Å². The standard InChI is InChI=1S/C12H15N3O2S2/c1-7-5-18-11(13-7)8(2)14-12-15-9(6-19-12)3-4-10(16)17/h5-6,8H,3-4H2,1-2H3,(H,14,15)(H,16,17). The number of hydrogen-bond donors (Lipinski definition) is 2. The van der Waals surface area contributed by atoms with E-state index in [-0.39, 0.29) is 12.5 Å². The predicted molar refractivity (Wildman–Crippen MR) is 77.0 cm³/mol. The lowest BCUT2D eigenvalue weighted by molar-refractivity contribution is -0.136. The molecule has 0 aliphatic heterocycles. The summed E-state index contributed by atoms with van der Waals surface area (Å²) in [7, 11) is 0. The summed E-state index contributed by atoms with van der Waals surface area (Å²) in [5, 5.41) is 17.7. The molecule has 0 amide bonds. The number of aliphatic carboxylic acids is 1. The quantitative estimate of drug-likeness (QED) is 0.857. The van der Waals surface area contributed by atoms with Gasteiger partial charge in [0.1, 0.15) is 5.01 Å². The first kappa shape index (κ1) is 14.0. The summed E-state index contributed by atoms with van der Waals surface area (Å²) in [6, 6.07) is 0.108. The molecule has 7 heteroatoms. The van der Waals surface area contributed by atoms with Gasteiger partial charge in [0.15, 0.2) is 5.13 Å². The van der Waals surface area contributed by atoms with Crippen LogP contribution in [0, 0.1) is 6.92 Å². The van der Waals surface area contributed by atoms with Gasteiger partial charge >= 0.3 is 5.97 Å². The maximum Gasteiger partial charge on any atom is 0.303 e. The van der Waals surface area contributed by atoms with Crippen LogP contribution >= 0.6 is 22.7 Å². The van der Waals surface area contributed by atoms with Gasteiger partial charge in [-0.2, -0.15) is 0 Å². The highest BCUT2D eigenvalue weighted by Crippen LogP contribution is 2.24. The Morgan fingerprint density at radius 1 is 1.42 bits per heavy atom. The van der Waals surface area contributed by atoms with Gasteiger partial charge in [0.05, 0.1) is 18.2 Å². The highest BCUT2D eigenvalue weighted by molar-refractivity contribution is 7.13. The van der Waals surface area contributed by atoms with Gasteiger partial charge < -0.3 is 10.4 Å². The number of carbonyl (C=O) groups is 1. The average Bonchev–Trinajstić information content (AvgIpc) is 2.95. The van der Waals surface area contributed by atoms with E-state index in [2.05, 4.69) is 15.3 Å². The second kappa shape index (κ2) is 6.12. The van der Waals surface area contributed by atoms with E-state index < -0.39 is 5.97 Å². The summed E-state index contributed by atoms with van der Waals surface area (Å²) in [6.07, 6.45) is 0.586. The fraction of sp³-hybridized carbons (Fsp3) is 0.417. The third-order valence-corrected chi connectivity index (χ3v) is 4.46. The molecule has 0 aromatic carbocycles. The summed E-state index contributed by atoms with van der Waals surface area (Å²) in [5.41, 5.74) is 1.84. The lowest BCUT2D eigenvalue weighted by Crippen LogP contribution is -2.06. The number of hydrogen-bond acceptors (Lipinski definition) is 6. The first-order valence-corrected chi connectivity index (χ1v) is 7.65. The molecule has 2 aromatic heterocycles. The fourth-order valence-electron chi connectivity index (χ4n) is 1.54. The molecule has 0 aliphatic rings. The Hall–Kier alpha value is -1.47. The smallest absolute Gasteiger partial charge is 0.303 e. The van der Waals surface area contributed by atoms with E-state index in [0.29, 0.717) is 6.42 Å². The first-order valence-electron chi connectivity index (χ1n) is 5.89. The molecule has 0 radical (unpaired) electrons. The van der Waals surface area contributed by atoms with E-state index in [4.69, 9.17) is 5.11 Å². The van der Waals surface area contributed by atoms with Crippen LogP contribution in [0.15, 0.2) is 10.8 Å². The molecule has 2 heterocycles. The molecule has 2 N–H and O–H groups in total. The normalized spacial score (nSPS) is 12.3. The summed E-state index contributed by atoms with van der Waals surface area (Å²) >= 11 is 3.12. The summed E-state index contributed by atoms with van der Waals surface area (Å²) in [6.45, 7) is 4.01. The zero-order valence-electron chi connectivity index (χ0n) is 10.7. The predicted octanol–water partition coefficient (Wildman–Crippen LogP) is 3.10. The van der Waals surface area contributed by atoms with Crippen molar-refractivity contribution in [2.24, 2.45) is 0 Å². The Morgan fingerprint density at radius 2 is 2.21 bits per heavy atom. The van der Waals surface area contributed by atoms with E-state index in [1.165, 1.54) is 11.3 Å². The van der Waals surface area contributed by atoms with Crippen molar-refractivity contribution in [1.29, 1.82) is 0 Å². The van der Waals surface area contributed by atoms with E-state index in [1.807, 2.05) is 24.6 Å². The van der Waals surface area contributed by atoms with Gasteiger partial charge in [-0.1, -0.05) is 0 Å². The Morgan fingerprint density at radius 3 is 2.84 bits per heavy atom. The zero-order valence-corrected chi connectivity index (χ0v) is 12.3. The van der Waals surface area contributed by atoms with E-state index >= 15 is 0 Å². The number of thiazole rings is 2. The lowest BCUT2D eigenvalue weighted by Gasteiger charge is -2.09.